The molecule has 0 amide bonds. The minimum Gasteiger partial charge on any atom is -0.618 e. The SMILES string of the molecule is COCCCOc1cc[n+]([O-])c(CS(=O)c2nc3cc4c(cc3[nH]2)CCO4)c1C. The number of hydrogen-bond acceptors (Lipinski definition) is 6. The average Bonchev–Trinajstić information content (AvgIpc) is 3.33. The third kappa shape index (κ3) is 4.06. The molecule has 1 atom stereocenters. The first-order chi connectivity index (χ1) is 14.1. The van der Waals surface area contributed by atoms with Gasteiger partial charge in [-0.25, -0.2) is 4.98 Å². The first kappa shape index (κ1) is 19.7. The van der Waals surface area contributed by atoms with Gasteiger partial charge in [-0.15, -0.1) is 0 Å². The summed E-state index contributed by atoms with van der Waals surface area (Å²) >= 11 is 0. The van der Waals surface area contributed by atoms with Crippen LogP contribution in [0.2, 0.25) is 0 Å². The molecule has 1 N–H and O–H groups in total. The molecule has 0 spiro atoms. The molecular formula is C20H23N3O5S. The van der Waals surface area contributed by atoms with Gasteiger partial charge in [0.2, 0.25) is 5.69 Å². The maximum Gasteiger partial charge on any atom is 0.212 e. The van der Waals surface area contributed by atoms with E-state index in [0.29, 0.717) is 47.5 Å². The number of hydrogen-bond donors (Lipinski definition) is 1. The molecule has 0 saturated heterocycles. The van der Waals surface area contributed by atoms with E-state index >= 15 is 0 Å². The van der Waals surface area contributed by atoms with Gasteiger partial charge in [0, 0.05) is 38.7 Å². The number of fused-ring (bicyclic) bond motifs is 2. The summed E-state index contributed by atoms with van der Waals surface area (Å²) in [5.41, 5.74) is 3.72. The van der Waals surface area contributed by atoms with Gasteiger partial charge in [-0.1, -0.05) is 0 Å². The largest absolute Gasteiger partial charge is 0.618 e. The number of aromatic amines is 1. The Morgan fingerprint density at radius 1 is 1.38 bits per heavy atom. The summed E-state index contributed by atoms with van der Waals surface area (Å²) in [5, 5.41) is 12.6. The Morgan fingerprint density at radius 2 is 2.24 bits per heavy atom. The van der Waals surface area contributed by atoms with Gasteiger partial charge in [0.25, 0.3) is 0 Å². The van der Waals surface area contributed by atoms with Crippen LogP contribution in [0.5, 0.6) is 11.5 Å². The Labute approximate surface area is 170 Å². The van der Waals surface area contributed by atoms with Crippen molar-refractivity contribution in [1.29, 1.82) is 0 Å². The van der Waals surface area contributed by atoms with Gasteiger partial charge in [-0.2, -0.15) is 4.73 Å². The van der Waals surface area contributed by atoms with Crippen LogP contribution in [0.4, 0.5) is 0 Å². The molecule has 2 aromatic heterocycles. The van der Waals surface area contributed by atoms with Crippen molar-refractivity contribution in [3.8, 4) is 11.5 Å². The summed E-state index contributed by atoms with van der Waals surface area (Å²) in [4.78, 5) is 7.57. The van der Waals surface area contributed by atoms with Crippen molar-refractivity contribution in [2.24, 2.45) is 0 Å². The van der Waals surface area contributed by atoms with Crippen molar-refractivity contribution >= 4 is 21.8 Å². The molecule has 3 heterocycles. The topological polar surface area (TPSA) is 100 Å². The number of pyridine rings is 1. The summed E-state index contributed by atoms with van der Waals surface area (Å²) in [6.45, 7) is 3.56. The van der Waals surface area contributed by atoms with Crippen molar-refractivity contribution < 1.29 is 23.1 Å². The number of nitrogens with zero attached hydrogens (tertiary/aromatic N) is 2. The van der Waals surface area contributed by atoms with Gasteiger partial charge >= 0.3 is 0 Å². The number of imidazole rings is 1. The number of aromatic nitrogens is 3. The highest BCUT2D eigenvalue weighted by molar-refractivity contribution is 7.84. The number of nitrogens with one attached hydrogen (secondary N) is 1. The van der Waals surface area contributed by atoms with E-state index in [4.69, 9.17) is 14.2 Å². The van der Waals surface area contributed by atoms with Gasteiger partial charge in [-0.05, 0) is 18.6 Å². The Kier molecular flexibility index (Phi) is 5.68. The van der Waals surface area contributed by atoms with Crippen molar-refractivity contribution in [3.63, 3.8) is 0 Å². The van der Waals surface area contributed by atoms with E-state index in [2.05, 4.69) is 9.97 Å². The van der Waals surface area contributed by atoms with Crippen LogP contribution in [-0.2, 0) is 27.7 Å². The molecule has 0 saturated carbocycles. The second-order valence-electron chi connectivity index (χ2n) is 6.88. The smallest absolute Gasteiger partial charge is 0.212 e. The number of benzene rings is 1. The van der Waals surface area contributed by atoms with Crippen LogP contribution in [0.1, 0.15) is 23.2 Å². The standard InChI is InChI=1S/C20H23N3O5S/c1-13-17(23(24)6-4-18(13)27-8-3-7-26-2)12-29(25)20-21-15-10-14-5-9-28-19(14)11-16(15)22-20/h4,6,10-11H,3,5,7-9,12H2,1-2H3,(H,21,22). The third-order valence-electron chi connectivity index (χ3n) is 4.94. The molecular weight excluding hydrogens is 394 g/mol. The normalized spacial score (nSPS) is 14.0. The van der Waals surface area contributed by atoms with Crippen LogP contribution in [0.15, 0.2) is 29.6 Å². The van der Waals surface area contributed by atoms with E-state index in [1.54, 1.807) is 20.1 Å². The fourth-order valence-electron chi connectivity index (χ4n) is 3.33. The fourth-order valence-corrected chi connectivity index (χ4v) is 4.48. The molecule has 9 heteroatoms. The average molecular weight is 417 g/mol. The van der Waals surface area contributed by atoms with Crippen LogP contribution in [0, 0.1) is 12.1 Å². The van der Waals surface area contributed by atoms with E-state index in [1.807, 2.05) is 12.1 Å². The van der Waals surface area contributed by atoms with Gasteiger partial charge in [-0.3, -0.25) is 4.21 Å². The summed E-state index contributed by atoms with van der Waals surface area (Å²) in [6, 6.07) is 5.48. The third-order valence-corrected chi connectivity index (χ3v) is 6.10. The highest BCUT2D eigenvalue weighted by Crippen LogP contribution is 2.30. The monoisotopic (exact) mass is 417 g/mol. The lowest BCUT2D eigenvalue weighted by molar-refractivity contribution is -0.613. The molecule has 1 unspecified atom stereocenters. The van der Waals surface area contributed by atoms with Crippen molar-refractivity contribution in [3.05, 3.63) is 46.4 Å². The predicted molar refractivity (Wildman–Crippen MR) is 108 cm³/mol. The van der Waals surface area contributed by atoms with Gasteiger partial charge < -0.3 is 24.4 Å². The van der Waals surface area contributed by atoms with E-state index in [0.717, 1.165) is 34.4 Å². The van der Waals surface area contributed by atoms with Crippen molar-refractivity contribution in [1.82, 2.24) is 9.97 Å². The fraction of sp³-hybridized carbons (Fsp3) is 0.400. The molecule has 0 fully saturated rings. The van der Waals surface area contributed by atoms with Gasteiger partial charge in [0.1, 0.15) is 17.3 Å². The molecule has 1 aliphatic heterocycles. The summed E-state index contributed by atoms with van der Waals surface area (Å²) in [5.74, 6) is 1.48. The van der Waals surface area contributed by atoms with Crippen LogP contribution >= 0.6 is 0 Å². The first-order valence-electron chi connectivity index (χ1n) is 9.44. The minimum atomic E-state index is -1.51. The lowest BCUT2D eigenvalue weighted by Gasteiger charge is -2.12. The Hall–Kier alpha value is -2.65. The second-order valence-corrected chi connectivity index (χ2v) is 8.25. The molecule has 0 bridgehead atoms. The van der Waals surface area contributed by atoms with E-state index in [9.17, 15) is 9.42 Å². The molecule has 29 heavy (non-hydrogen) atoms. The minimum absolute atomic E-state index is 0.0423. The van der Waals surface area contributed by atoms with Crippen LogP contribution in [-0.4, -0.2) is 41.1 Å². The first-order valence-corrected chi connectivity index (χ1v) is 10.8. The summed E-state index contributed by atoms with van der Waals surface area (Å²) in [7, 11) is 0.134. The quantitative estimate of drug-likeness (QED) is 0.342. The Morgan fingerprint density at radius 3 is 3.07 bits per heavy atom. The Bertz CT molecular complexity index is 1020. The lowest BCUT2D eigenvalue weighted by Crippen LogP contribution is -2.33. The number of ether oxygens (including phenoxy) is 3. The van der Waals surface area contributed by atoms with Crippen molar-refractivity contribution in [2.75, 3.05) is 26.9 Å². The molecule has 8 nitrogen and oxygen atoms in total. The summed E-state index contributed by atoms with van der Waals surface area (Å²) < 4.78 is 30.0. The van der Waals surface area contributed by atoms with Gasteiger partial charge in [0.05, 0.1) is 40.6 Å². The van der Waals surface area contributed by atoms with Crippen LogP contribution in [0.25, 0.3) is 11.0 Å². The molecule has 1 aliphatic rings. The lowest BCUT2D eigenvalue weighted by atomic mass is 10.1. The zero-order chi connectivity index (χ0) is 20.4. The zero-order valence-corrected chi connectivity index (χ0v) is 17.2. The molecule has 154 valence electrons. The number of rotatable bonds is 8. The number of methoxy groups -OCH3 is 1. The highest BCUT2D eigenvalue weighted by Gasteiger charge is 2.22. The summed E-state index contributed by atoms with van der Waals surface area (Å²) in [6.07, 6.45) is 2.98. The van der Waals surface area contributed by atoms with Gasteiger partial charge in [0.15, 0.2) is 11.4 Å². The maximum absolute atomic E-state index is 12.9. The molecule has 1 aromatic carbocycles. The van der Waals surface area contributed by atoms with E-state index < -0.39 is 10.8 Å². The van der Waals surface area contributed by atoms with Crippen LogP contribution in [0.3, 0.4) is 0 Å². The predicted octanol–water partition coefficient (Wildman–Crippen LogP) is 2.16. The molecule has 0 radical (unpaired) electrons. The Balaban J connectivity index is 1.54. The highest BCUT2D eigenvalue weighted by atomic mass is 32.2. The van der Waals surface area contributed by atoms with E-state index in [1.165, 1.54) is 6.20 Å². The zero-order valence-electron chi connectivity index (χ0n) is 16.4. The molecule has 3 aromatic rings. The van der Waals surface area contributed by atoms with Crippen molar-refractivity contribution in [2.45, 2.75) is 30.7 Å². The second kappa shape index (κ2) is 8.38. The molecule has 4 rings (SSSR count). The molecule has 0 aliphatic carbocycles. The van der Waals surface area contributed by atoms with Crippen LogP contribution < -0.4 is 14.2 Å². The number of H-pyrrole nitrogens is 1. The maximum atomic E-state index is 12.9. The van der Waals surface area contributed by atoms with E-state index in [-0.39, 0.29) is 5.75 Å².